The number of anilines is 1. The number of aliphatic imine (C=N–C) groups is 1. The van der Waals surface area contributed by atoms with Crippen LogP contribution in [-0.2, 0) is 12.7 Å². The van der Waals surface area contributed by atoms with Crippen LogP contribution in [0.15, 0.2) is 41.4 Å². The predicted octanol–water partition coefficient (Wildman–Crippen LogP) is 5.55. The van der Waals surface area contributed by atoms with E-state index in [9.17, 15) is 13.2 Å². The molecule has 0 spiro atoms. The smallest absolute Gasteiger partial charge is 0.381 e. The molecule has 0 bridgehead atoms. The van der Waals surface area contributed by atoms with Gasteiger partial charge in [-0.3, -0.25) is 0 Å². The zero-order chi connectivity index (χ0) is 19.3. The Morgan fingerprint density at radius 1 is 1.08 bits per heavy atom. The second kappa shape index (κ2) is 8.25. The summed E-state index contributed by atoms with van der Waals surface area (Å²) in [6, 6.07) is 9.23. The average molecular weight is 363 g/mol. The highest BCUT2D eigenvalue weighted by Gasteiger charge is 2.29. The minimum absolute atomic E-state index is 0.458. The van der Waals surface area contributed by atoms with Gasteiger partial charge in [-0.15, -0.1) is 0 Å². The van der Waals surface area contributed by atoms with Crippen LogP contribution in [0.25, 0.3) is 0 Å². The van der Waals surface area contributed by atoms with Crippen LogP contribution in [-0.4, -0.2) is 24.8 Å². The van der Waals surface area contributed by atoms with Gasteiger partial charge >= 0.3 is 6.18 Å². The Hall–Kier alpha value is -2.50. The van der Waals surface area contributed by atoms with Gasteiger partial charge in [0.15, 0.2) is 0 Å². The number of aryl methyl sites for hydroxylation is 2. The van der Waals surface area contributed by atoms with E-state index in [0.29, 0.717) is 6.54 Å². The number of halogens is 3. The van der Waals surface area contributed by atoms with Gasteiger partial charge in [0.1, 0.15) is 0 Å². The summed E-state index contributed by atoms with van der Waals surface area (Å²) in [5, 5.41) is 3.29. The first-order valence-electron chi connectivity index (χ1n) is 8.46. The van der Waals surface area contributed by atoms with Gasteiger partial charge < -0.3 is 10.2 Å². The van der Waals surface area contributed by atoms with Crippen LogP contribution in [0.5, 0.6) is 0 Å². The monoisotopic (exact) mass is 363 g/mol. The summed E-state index contributed by atoms with van der Waals surface area (Å²) in [5.41, 5.74) is 4.09. The molecule has 0 saturated carbocycles. The molecule has 0 aliphatic heterocycles. The summed E-state index contributed by atoms with van der Waals surface area (Å²) < 4.78 is 37.8. The SMILES string of the molecule is CCN(C)/C=N\c1cc(C)c(NCc2ccc(C(F)(F)F)cc2)cc1C. The van der Waals surface area contributed by atoms with E-state index in [1.165, 1.54) is 12.1 Å². The molecule has 26 heavy (non-hydrogen) atoms. The van der Waals surface area contributed by atoms with Gasteiger partial charge in [-0.25, -0.2) is 4.99 Å². The zero-order valence-corrected chi connectivity index (χ0v) is 15.5. The maximum atomic E-state index is 12.6. The lowest BCUT2D eigenvalue weighted by molar-refractivity contribution is -0.137. The Labute approximate surface area is 152 Å². The van der Waals surface area contributed by atoms with Crippen molar-refractivity contribution in [1.82, 2.24) is 4.90 Å². The molecule has 3 nitrogen and oxygen atoms in total. The fourth-order valence-electron chi connectivity index (χ4n) is 2.38. The van der Waals surface area contributed by atoms with Crippen LogP contribution in [0.4, 0.5) is 24.5 Å². The number of benzene rings is 2. The van der Waals surface area contributed by atoms with Crippen molar-refractivity contribution in [3.8, 4) is 0 Å². The second-order valence-electron chi connectivity index (χ2n) is 6.32. The van der Waals surface area contributed by atoms with Crippen LogP contribution in [0.1, 0.15) is 29.2 Å². The first kappa shape index (κ1) is 19.8. The fourth-order valence-corrected chi connectivity index (χ4v) is 2.38. The van der Waals surface area contributed by atoms with E-state index in [4.69, 9.17) is 0 Å². The van der Waals surface area contributed by atoms with Crippen LogP contribution < -0.4 is 5.32 Å². The summed E-state index contributed by atoms with van der Waals surface area (Å²) in [7, 11) is 1.96. The standard InChI is InChI=1S/C20H24F3N3/c1-5-26(4)13-25-19-11-14(2)18(10-15(19)3)24-12-16-6-8-17(9-7-16)20(21,22)23/h6-11,13,24H,5,12H2,1-4H3/b25-13-. The van der Waals surface area contributed by atoms with E-state index < -0.39 is 11.7 Å². The zero-order valence-electron chi connectivity index (χ0n) is 15.5. The molecule has 0 radical (unpaired) electrons. The molecule has 0 saturated heterocycles. The molecule has 6 heteroatoms. The van der Waals surface area contributed by atoms with Gasteiger partial charge in [0, 0.05) is 25.8 Å². The Bertz CT molecular complexity index is 765. The quantitative estimate of drug-likeness (QED) is 0.538. The third-order valence-corrected chi connectivity index (χ3v) is 4.20. The lowest BCUT2D eigenvalue weighted by Gasteiger charge is -2.14. The topological polar surface area (TPSA) is 27.6 Å². The van der Waals surface area contributed by atoms with Gasteiger partial charge in [-0.05, 0) is 61.7 Å². The first-order valence-corrected chi connectivity index (χ1v) is 8.46. The van der Waals surface area contributed by atoms with E-state index >= 15 is 0 Å². The molecule has 140 valence electrons. The normalized spacial score (nSPS) is 11.8. The first-order chi connectivity index (χ1) is 12.2. The van der Waals surface area contributed by atoms with Crippen LogP contribution in [0.3, 0.4) is 0 Å². The molecule has 2 aromatic rings. The minimum Gasteiger partial charge on any atom is -0.381 e. The van der Waals surface area contributed by atoms with Crippen molar-refractivity contribution < 1.29 is 13.2 Å². The molecule has 0 amide bonds. The number of hydrogen-bond acceptors (Lipinski definition) is 2. The van der Waals surface area contributed by atoms with E-state index in [1.807, 2.05) is 37.9 Å². The Morgan fingerprint density at radius 2 is 1.73 bits per heavy atom. The lowest BCUT2D eigenvalue weighted by atomic mass is 10.1. The van der Waals surface area contributed by atoms with Crippen molar-refractivity contribution in [1.29, 1.82) is 0 Å². The van der Waals surface area contributed by atoms with Gasteiger partial charge in [0.2, 0.25) is 0 Å². The largest absolute Gasteiger partial charge is 0.416 e. The molecule has 0 aliphatic carbocycles. The van der Waals surface area contributed by atoms with Crippen LogP contribution >= 0.6 is 0 Å². The maximum Gasteiger partial charge on any atom is 0.416 e. The molecular formula is C20H24F3N3. The molecule has 0 unspecified atom stereocenters. The highest BCUT2D eigenvalue weighted by Crippen LogP contribution is 2.30. The molecule has 2 aromatic carbocycles. The molecular weight excluding hydrogens is 339 g/mol. The number of rotatable bonds is 6. The third kappa shape index (κ3) is 5.25. The van der Waals surface area contributed by atoms with E-state index in [-0.39, 0.29) is 0 Å². The Kier molecular flexibility index (Phi) is 6.29. The summed E-state index contributed by atoms with van der Waals surface area (Å²) in [4.78, 5) is 6.49. The molecule has 0 atom stereocenters. The van der Waals surface area contributed by atoms with Crippen molar-refractivity contribution in [2.24, 2.45) is 4.99 Å². The van der Waals surface area contributed by atoms with Crippen molar-refractivity contribution in [3.05, 3.63) is 58.7 Å². The van der Waals surface area contributed by atoms with Crippen LogP contribution in [0.2, 0.25) is 0 Å². The van der Waals surface area contributed by atoms with Gasteiger partial charge in [-0.1, -0.05) is 12.1 Å². The van der Waals surface area contributed by atoms with Crippen molar-refractivity contribution in [3.63, 3.8) is 0 Å². The minimum atomic E-state index is -4.30. The molecule has 1 N–H and O–H groups in total. The number of nitrogens with one attached hydrogen (secondary N) is 1. The highest BCUT2D eigenvalue weighted by molar-refractivity contribution is 5.67. The van der Waals surface area contributed by atoms with Gasteiger partial charge in [0.05, 0.1) is 17.6 Å². The third-order valence-electron chi connectivity index (χ3n) is 4.20. The van der Waals surface area contributed by atoms with Crippen molar-refractivity contribution in [2.45, 2.75) is 33.5 Å². The molecule has 0 aliphatic rings. The van der Waals surface area contributed by atoms with Crippen molar-refractivity contribution >= 4 is 17.7 Å². The molecule has 2 rings (SSSR count). The van der Waals surface area contributed by atoms with Gasteiger partial charge in [-0.2, -0.15) is 13.2 Å². The second-order valence-corrected chi connectivity index (χ2v) is 6.32. The van der Waals surface area contributed by atoms with Crippen LogP contribution in [0, 0.1) is 13.8 Å². The fraction of sp³-hybridized carbons (Fsp3) is 0.350. The predicted molar refractivity (Wildman–Crippen MR) is 101 cm³/mol. The van der Waals surface area contributed by atoms with E-state index in [2.05, 4.69) is 17.2 Å². The summed E-state index contributed by atoms with van der Waals surface area (Å²) in [6.07, 6.45) is -2.50. The Morgan fingerprint density at radius 3 is 2.31 bits per heavy atom. The number of hydrogen-bond donors (Lipinski definition) is 1. The number of alkyl halides is 3. The average Bonchev–Trinajstić information content (AvgIpc) is 2.60. The summed E-state index contributed by atoms with van der Waals surface area (Å²) in [6.45, 7) is 7.37. The Balaban J connectivity index is 2.08. The van der Waals surface area contributed by atoms with Gasteiger partial charge in [0.25, 0.3) is 0 Å². The van der Waals surface area contributed by atoms with E-state index in [0.717, 1.165) is 46.7 Å². The van der Waals surface area contributed by atoms with Crippen molar-refractivity contribution in [2.75, 3.05) is 18.9 Å². The maximum absolute atomic E-state index is 12.6. The number of nitrogens with zero attached hydrogens (tertiary/aromatic N) is 2. The van der Waals surface area contributed by atoms with E-state index in [1.54, 1.807) is 6.34 Å². The summed E-state index contributed by atoms with van der Waals surface area (Å²) in [5.74, 6) is 0. The lowest BCUT2D eigenvalue weighted by Crippen LogP contribution is -2.14. The highest BCUT2D eigenvalue weighted by atomic mass is 19.4. The molecule has 0 heterocycles. The molecule has 0 aromatic heterocycles. The summed E-state index contributed by atoms with van der Waals surface area (Å²) >= 11 is 0. The molecule has 0 fully saturated rings.